The highest BCUT2D eigenvalue weighted by Gasteiger charge is 2.65. The van der Waals surface area contributed by atoms with Crippen LogP contribution in [-0.4, -0.2) is 24.1 Å². The molecule has 29 heavy (non-hydrogen) atoms. The summed E-state index contributed by atoms with van der Waals surface area (Å²) < 4.78 is 17.8. The molecule has 0 aromatic carbocycles. The van der Waals surface area contributed by atoms with Crippen LogP contribution in [0.15, 0.2) is 16.7 Å². The van der Waals surface area contributed by atoms with Crippen molar-refractivity contribution < 1.29 is 23.5 Å². The Kier molecular flexibility index (Phi) is 4.86. The number of esters is 2. The summed E-state index contributed by atoms with van der Waals surface area (Å²) in [7, 11) is 0. The molecule has 3 aliphatic rings. The number of hydrogen-bond donors (Lipinski definition) is 0. The van der Waals surface area contributed by atoms with Crippen LogP contribution in [0.5, 0.6) is 0 Å². The third-order valence-electron chi connectivity index (χ3n) is 8.29. The van der Waals surface area contributed by atoms with Crippen LogP contribution in [0.3, 0.4) is 0 Å². The molecule has 1 aromatic rings. The molecular weight excluding hydrogens is 368 g/mol. The van der Waals surface area contributed by atoms with Crippen LogP contribution in [-0.2, 0) is 25.5 Å². The van der Waals surface area contributed by atoms with E-state index in [0.29, 0.717) is 5.92 Å². The molecule has 0 radical (unpaired) electrons. The van der Waals surface area contributed by atoms with Gasteiger partial charge in [-0.25, -0.2) is 0 Å². The quantitative estimate of drug-likeness (QED) is 0.660. The van der Waals surface area contributed by atoms with E-state index in [4.69, 9.17) is 13.9 Å². The Morgan fingerprint density at radius 1 is 1.07 bits per heavy atom. The molecule has 7 atom stereocenters. The van der Waals surface area contributed by atoms with Gasteiger partial charge in [0, 0.05) is 32.1 Å². The van der Waals surface area contributed by atoms with Gasteiger partial charge in [0.25, 0.3) is 0 Å². The Hall–Kier alpha value is -1.78. The first kappa shape index (κ1) is 20.5. The predicted octanol–water partition coefficient (Wildman–Crippen LogP) is 4.88. The fourth-order valence-corrected chi connectivity index (χ4v) is 7.44. The molecule has 1 aromatic heterocycles. The zero-order chi connectivity index (χ0) is 21.1. The number of rotatable bonds is 2. The average Bonchev–Trinajstić information content (AvgIpc) is 3.06. The minimum atomic E-state index is -0.435. The smallest absolute Gasteiger partial charge is 0.303 e. The maximum absolute atomic E-state index is 12.2. The highest BCUT2D eigenvalue weighted by molar-refractivity contribution is 5.67. The van der Waals surface area contributed by atoms with E-state index in [-0.39, 0.29) is 40.5 Å². The molecule has 5 heteroatoms. The minimum Gasteiger partial charge on any atom is -0.469 e. The van der Waals surface area contributed by atoms with Gasteiger partial charge in [-0.05, 0) is 47.1 Å². The molecule has 2 saturated carbocycles. The second kappa shape index (κ2) is 6.88. The second-order valence-electron chi connectivity index (χ2n) is 10.4. The molecule has 0 saturated heterocycles. The molecule has 0 aliphatic heterocycles. The van der Waals surface area contributed by atoms with Crippen molar-refractivity contribution in [3.8, 4) is 0 Å². The molecule has 4 rings (SSSR count). The zero-order valence-corrected chi connectivity index (χ0v) is 18.5. The van der Waals surface area contributed by atoms with Crippen LogP contribution < -0.4 is 0 Å². The van der Waals surface area contributed by atoms with Gasteiger partial charge in [-0.1, -0.05) is 34.1 Å². The van der Waals surface area contributed by atoms with Crippen LogP contribution in [0, 0.1) is 28.6 Å². The van der Waals surface area contributed by atoms with Crippen LogP contribution >= 0.6 is 0 Å². The third-order valence-corrected chi connectivity index (χ3v) is 8.29. The van der Waals surface area contributed by atoms with E-state index in [1.807, 2.05) is 6.07 Å². The van der Waals surface area contributed by atoms with Crippen molar-refractivity contribution in [1.82, 2.24) is 0 Å². The van der Waals surface area contributed by atoms with E-state index in [0.717, 1.165) is 31.4 Å². The topological polar surface area (TPSA) is 65.7 Å². The lowest BCUT2D eigenvalue weighted by atomic mass is 9.42. The maximum atomic E-state index is 12.2. The van der Waals surface area contributed by atoms with Crippen molar-refractivity contribution in [2.45, 2.75) is 85.4 Å². The summed E-state index contributed by atoms with van der Waals surface area (Å²) in [5.41, 5.74) is 1.17. The van der Waals surface area contributed by atoms with Gasteiger partial charge in [0.1, 0.15) is 18.0 Å². The lowest BCUT2D eigenvalue weighted by Gasteiger charge is -2.64. The number of furan rings is 1. The Morgan fingerprint density at radius 2 is 1.72 bits per heavy atom. The van der Waals surface area contributed by atoms with Crippen LogP contribution in [0.25, 0.3) is 0 Å². The van der Waals surface area contributed by atoms with Crippen LogP contribution in [0.4, 0.5) is 0 Å². The van der Waals surface area contributed by atoms with Gasteiger partial charge in [-0.15, -0.1) is 0 Å². The van der Waals surface area contributed by atoms with Gasteiger partial charge in [-0.3, -0.25) is 9.59 Å². The van der Waals surface area contributed by atoms with E-state index in [1.54, 1.807) is 6.26 Å². The zero-order valence-electron chi connectivity index (χ0n) is 18.5. The molecule has 2 fully saturated rings. The number of fused-ring (bicyclic) bond motifs is 4. The molecule has 5 nitrogen and oxygen atoms in total. The molecule has 1 heterocycles. The Labute approximate surface area is 173 Å². The van der Waals surface area contributed by atoms with Crippen molar-refractivity contribution in [1.29, 1.82) is 0 Å². The molecule has 0 N–H and O–H groups in total. The molecular formula is C24H34O5. The Balaban J connectivity index is 1.89. The van der Waals surface area contributed by atoms with Crippen molar-refractivity contribution in [2.75, 3.05) is 0 Å². The molecule has 0 spiro atoms. The normalized spacial score (nSPS) is 40.2. The summed E-state index contributed by atoms with van der Waals surface area (Å²) in [6, 6.07) is 2.04. The molecule has 160 valence electrons. The molecule has 3 aliphatic carbocycles. The third kappa shape index (κ3) is 3.12. The summed E-state index contributed by atoms with van der Waals surface area (Å²) >= 11 is 0. The molecule has 0 bridgehead atoms. The first-order chi connectivity index (χ1) is 13.6. The minimum absolute atomic E-state index is 0.0107. The molecule has 0 unspecified atom stereocenters. The summed E-state index contributed by atoms with van der Waals surface area (Å²) in [6.07, 6.45) is 5.10. The van der Waals surface area contributed by atoms with Crippen LogP contribution in [0.1, 0.15) is 78.0 Å². The van der Waals surface area contributed by atoms with E-state index >= 15 is 0 Å². The maximum Gasteiger partial charge on any atom is 0.303 e. The summed E-state index contributed by atoms with van der Waals surface area (Å²) in [5.74, 6) is 1.17. The lowest BCUT2D eigenvalue weighted by Crippen LogP contribution is -2.66. The number of ether oxygens (including phenoxy) is 2. The standard InChI is InChI=1S/C24H34O5/c1-13-16-8-11-27-18(16)12-17-19(13)20(28-14(2)25)21(29-15(3)26)22-23(4,5)9-7-10-24(17,22)6/h8,11,13,17,19-22H,7,9-10,12H2,1-6H3/t13-,17+,19+,20+,21-,22-,24+/m0/s1. The molecule has 0 amide bonds. The van der Waals surface area contributed by atoms with Gasteiger partial charge < -0.3 is 13.9 Å². The summed E-state index contributed by atoms with van der Waals surface area (Å²) in [6.45, 7) is 12.0. The number of carbonyl (C=O) groups is 2. The van der Waals surface area contributed by atoms with E-state index < -0.39 is 12.2 Å². The van der Waals surface area contributed by atoms with Gasteiger partial charge in [0.2, 0.25) is 0 Å². The summed E-state index contributed by atoms with van der Waals surface area (Å²) in [5, 5.41) is 0. The monoisotopic (exact) mass is 402 g/mol. The Bertz CT molecular complexity index is 808. The van der Waals surface area contributed by atoms with Crippen molar-refractivity contribution >= 4 is 11.9 Å². The van der Waals surface area contributed by atoms with Gasteiger partial charge in [-0.2, -0.15) is 0 Å². The lowest BCUT2D eigenvalue weighted by molar-refractivity contribution is -0.237. The van der Waals surface area contributed by atoms with Crippen LogP contribution in [0.2, 0.25) is 0 Å². The first-order valence-corrected chi connectivity index (χ1v) is 11.0. The number of carbonyl (C=O) groups excluding carboxylic acids is 2. The fourth-order valence-electron chi connectivity index (χ4n) is 7.44. The largest absolute Gasteiger partial charge is 0.469 e. The van der Waals surface area contributed by atoms with Crippen molar-refractivity contribution in [3.05, 3.63) is 23.7 Å². The van der Waals surface area contributed by atoms with E-state index in [1.165, 1.54) is 19.4 Å². The van der Waals surface area contributed by atoms with Gasteiger partial charge >= 0.3 is 11.9 Å². The summed E-state index contributed by atoms with van der Waals surface area (Å²) in [4.78, 5) is 24.3. The van der Waals surface area contributed by atoms with Gasteiger partial charge in [0.15, 0.2) is 0 Å². The highest BCUT2D eigenvalue weighted by atomic mass is 16.6. The average molecular weight is 403 g/mol. The second-order valence-corrected chi connectivity index (χ2v) is 10.4. The van der Waals surface area contributed by atoms with E-state index in [2.05, 4.69) is 27.7 Å². The highest BCUT2D eigenvalue weighted by Crippen LogP contribution is 2.65. The Morgan fingerprint density at radius 3 is 2.38 bits per heavy atom. The van der Waals surface area contributed by atoms with Crippen molar-refractivity contribution in [2.24, 2.45) is 28.6 Å². The van der Waals surface area contributed by atoms with Crippen molar-refractivity contribution in [3.63, 3.8) is 0 Å². The fraction of sp³-hybridized carbons (Fsp3) is 0.750. The van der Waals surface area contributed by atoms with E-state index in [9.17, 15) is 9.59 Å². The first-order valence-electron chi connectivity index (χ1n) is 11.0. The van der Waals surface area contributed by atoms with Gasteiger partial charge in [0.05, 0.1) is 6.26 Å². The SMILES string of the molecule is CC(=O)O[C@H]1[C@H](OC(C)=O)[C@H]2C(C)(C)CCC[C@]2(C)[C@@H]2Cc3occc3[C@H](C)[C@@H]12. The number of hydrogen-bond acceptors (Lipinski definition) is 5. The predicted molar refractivity (Wildman–Crippen MR) is 108 cm³/mol.